The Hall–Kier alpha value is -1.12. The van der Waals surface area contributed by atoms with Crippen LogP contribution in [-0.4, -0.2) is 13.1 Å². The Labute approximate surface area is 133 Å². The number of thiophene rings is 1. The first-order valence-electron chi connectivity index (χ1n) is 8.01. The Morgan fingerprint density at radius 3 is 2.48 bits per heavy atom. The molecule has 2 heteroatoms. The van der Waals surface area contributed by atoms with Gasteiger partial charge in [-0.05, 0) is 61.2 Å². The van der Waals surface area contributed by atoms with Gasteiger partial charge in [-0.3, -0.25) is 0 Å². The molecule has 2 aromatic rings. The van der Waals surface area contributed by atoms with Gasteiger partial charge < -0.3 is 5.32 Å². The predicted molar refractivity (Wildman–Crippen MR) is 94.0 cm³/mol. The van der Waals surface area contributed by atoms with Crippen molar-refractivity contribution in [3.8, 4) is 0 Å². The standard InChI is InChI=1S/C19H27NS/c1-16(2)14-20-15-18(10-11-19-9-6-12-21-19)13-17-7-4-3-5-8-17/h3-9,12,16,18,20H,10-11,13-15H2,1-2H3. The van der Waals surface area contributed by atoms with Gasteiger partial charge in [-0.15, -0.1) is 11.3 Å². The number of aryl methyl sites for hydroxylation is 1. The highest BCUT2D eigenvalue weighted by molar-refractivity contribution is 7.09. The van der Waals surface area contributed by atoms with Crippen molar-refractivity contribution in [1.29, 1.82) is 0 Å². The van der Waals surface area contributed by atoms with Crippen LogP contribution < -0.4 is 5.32 Å². The van der Waals surface area contributed by atoms with Crippen LogP contribution in [0.5, 0.6) is 0 Å². The topological polar surface area (TPSA) is 12.0 Å². The van der Waals surface area contributed by atoms with Crippen molar-refractivity contribution < 1.29 is 0 Å². The monoisotopic (exact) mass is 301 g/mol. The minimum atomic E-state index is 0.716. The first kappa shape index (κ1) is 16.3. The van der Waals surface area contributed by atoms with Gasteiger partial charge in [0.2, 0.25) is 0 Å². The van der Waals surface area contributed by atoms with Crippen LogP contribution in [0.4, 0.5) is 0 Å². The lowest BCUT2D eigenvalue weighted by atomic mass is 9.94. The number of hydrogen-bond acceptors (Lipinski definition) is 2. The first-order valence-corrected chi connectivity index (χ1v) is 8.89. The Morgan fingerprint density at radius 2 is 1.81 bits per heavy atom. The van der Waals surface area contributed by atoms with Crippen LogP contribution in [0.2, 0.25) is 0 Å². The second-order valence-electron chi connectivity index (χ2n) is 6.23. The van der Waals surface area contributed by atoms with Gasteiger partial charge in [0.15, 0.2) is 0 Å². The molecule has 0 spiro atoms. The molecule has 0 radical (unpaired) electrons. The first-order chi connectivity index (χ1) is 10.2. The van der Waals surface area contributed by atoms with Crippen molar-refractivity contribution in [2.24, 2.45) is 11.8 Å². The number of nitrogens with one attached hydrogen (secondary N) is 1. The maximum atomic E-state index is 3.64. The molecular formula is C19H27NS. The molecule has 2 rings (SSSR count). The summed E-state index contributed by atoms with van der Waals surface area (Å²) in [5, 5.41) is 5.82. The molecule has 1 heterocycles. The second-order valence-corrected chi connectivity index (χ2v) is 7.26. The third-order valence-electron chi connectivity index (χ3n) is 3.73. The van der Waals surface area contributed by atoms with Crippen LogP contribution in [0.3, 0.4) is 0 Å². The van der Waals surface area contributed by atoms with Gasteiger partial charge in [0.05, 0.1) is 0 Å². The molecule has 0 amide bonds. The molecule has 1 unspecified atom stereocenters. The minimum Gasteiger partial charge on any atom is -0.316 e. The van der Waals surface area contributed by atoms with E-state index >= 15 is 0 Å². The van der Waals surface area contributed by atoms with E-state index in [9.17, 15) is 0 Å². The number of benzene rings is 1. The van der Waals surface area contributed by atoms with Crippen LogP contribution in [0, 0.1) is 11.8 Å². The Morgan fingerprint density at radius 1 is 1.00 bits per heavy atom. The second kappa shape index (κ2) is 9.01. The average Bonchev–Trinajstić information content (AvgIpc) is 2.98. The van der Waals surface area contributed by atoms with Gasteiger partial charge in [0.1, 0.15) is 0 Å². The normalized spacial score (nSPS) is 12.7. The molecule has 0 saturated carbocycles. The molecule has 1 aromatic heterocycles. The zero-order valence-electron chi connectivity index (χ0n) is 13.2. The highest BCUT2D eigenvalue weighted by atomic mass is 32.1. The van der Waals surface area contributed by atoms with Gasteiger partial charge >= 0.3 is 0 Å². The summed E-state index contributed by atoms with van der Waals surface area (Å²) in [6, 6.07) is 15.3. The number of hydrogen-bond donors (Lipinski definition) is 1. The molecule has 0 aliphatic carbocycles. The molecule has 1 N–H and O–H groups in total. The Bertz CT molecular complexity index is 476. The summed E-state index contributed by atoms with van der Waals surface area (Å²) in [6.07, 6.45) is 3.65. The van der Waals surface area contributed by atoms with E-state index in [-0.39, 0.29) is 0 Å². The SMILES string of the molecule is CC(C)CNCC(CCc1cccs1)Cc1ccccc1. The van der Waals surface area contributed by atoms with E-state index < -0.39 is 0 Å². The fraction of sp³-hybridized carbons (Fsp3) is 0.474. The predicted octanol–water partition coefficient (Wildman–Crippen LogP) is 4.79. The molecule has 1 nitrogen and oxygen atoms in total. The summed E-state index contributed by atoms with van der Waals surface area (Å²) in [5.41, 5.74) is 1.46. The van der Waals surface area contributed by atoms with Gasteiger partial charge in [-0.1, -0.05) is 50.2 Å². The molecule has 0 aliphatic rings. The molecular weight excluding hydrogens is 274 g/mol. The maximum absolute atomic E-state index is 3.64. The van der Waals surface area contributed by atoms with Gasteiger partial charge in [0, 0.05) is 4.88 Å². The molecule has 1 aromatic carbocycles. The molecule has 0 fully saturated rings. The molecule has 0 bridgehead atoms. The Kier molecular flexibility index (Phi) is 6.98. The minimum absolute atomic E-state index is 0.716. The summed E-state index contributed by atoms with van der Waals surface area (Å²) in [5.74, 6) is 1.44. The van der Waals surface area contributed by atoms with Gasteiger partial charge in [0.25, 0.3) is 0 Å². The summed E-state index contributed by atoms with van der Waals surface area (Å²) in [7, 11) is 0. The lowest BCUT2D eigenvalue weighted by Gasteiger charge is -2.18. The van der Waals surface area contributed by atoms with Crippen molar-refractivity contribution in [3.63, 3.8) is 0 Å². The highest BCUT2D eigenvalue weighted by Gasteiger charge is 2.10. The molecule has 0 aliphatic heterocycles. The van der Waals surface area contributed by atoms with E-state index in [1.807, 2.05) is 11.3 Å². The van der Waals surface area contributed by atoms with Gasteiger partial charge in [-0.2, -0.15) is 0 Å². The lowest BCUT2D eigenvalue weighted by molar-refractivity contribution is 0.425. The summed E-state index contributed by atoms with van der Waals surface area (Å²) in [6.45, 7) is 6.78. The maximum Gasteiger partial charge on any atom is 0.00453 e. The van der Waals surface area contributed by atoms with Crippen LogP contribution >= 0.6 is 11.3 Å². The molecule has 1 atom stereocenters. The quantitative estimate of drug-likeness (QED) is 0.702. The van der Waals surface area contributed by atoms with Crippen molar-refractivity contribution in [2.75, 3.05) is 13.1 Å². The lowest BCUT2D eigenvalue weighted by Crippen LogP contribution is -2.28. The fourth-order valence-corrected chi connectivity index (χ4v) is 3.33. The van der Waals surface area contributed by atoms with Crippen LogP contribution in [0.1, 0.15) is 30.7 Å². The summed E-state index contributed by atoms with van der Waals surface area (Å²) in [4.78, 5) is 1.51. The van der Waals surface area contributed by atoms with E-state index in [0.717, 1.165) is 19.0 Å². The zero-order valence-corrected chi connectivity index (χ0v) is 14.0. The van der Waals surface area contributed by atoms with Gasteiger partial charge in [-0.25, -0.2) is 0 Å². The zero-order chi connectivity index (χ0) is 14.9. The largest absolute Gasteiger partial charge is 0.316 e. The summed E-state index contributed by atoms with van der Waals surface area (Å²) < 4.78 is 0. The van der Waals surface area contributed by atoms with E-state index in [2.05, 4.69) is 67.0 Å². The molecule has 0 saturated heterocycles. The van der Waals surface area contributed by atoms with Crippen molar-refractivity contribution in [3.05, 3.63) is 58.3 Å². The van der Waals surface area contributed by atoms with Crippen molar-refractivity contribution in [2.45, 2.75) is 33.1 Å². The van der Waals surface area contributed by atoms with E-state index in [1.165, 1.54) is 29.7 Å². The third-order valence-corrected chi connectivity index (χ3v) is 4.67. The van der Waals surface area contributed by atoms with Crippen LogP contribution in [0.25, 0.3) is 0 Å². The van der Waals surface area contributed by atoms with E-state index in [0.29, 0.717) is 5.92 Å². The van der Waals surface area contributed by atoms with Crippen molar-refractivity contribution in [1.82, 2.24) is 5.32 Å². The third kappa shape index (κ3) is 6.45. The van der Waals surface area contributed by atoms with E-state index in [4.69, 9.17) is 0 Å². The summed E-state index contributed by atoms with van der Waals surface area (Å²) >= 11 is 1.88. The molecule has 114 valence electrons. The molecule has 21 heavy (non-hydrogen) atoms. The van der Waals surface area contributed by atoms with Crippen molar-refractivity contribution >= 4 is 11.3 Å². The van der Waals surface area contributed by atoms with Crippen LogP contribution in [0.15, 0.2) is 47.8 Å². The fourth-order valence-electron chi connectivity index (χ4n) is 2.60. The highest BCUT2D eigenvalue weighted by Crippen LogP contribution is 2.18. The average molecular weight is 301 g/mol. The van der Waals surface area contributed by atoms with Crippen LogP contribution in [-0.2, 0) is 12.8 Å². The smallest absolute Gasteiger partial charge is 0.00453 e. The number of rotatable bonds is 9. The van der Waals surface area contributed by atoms with E-state index in [1.54, 1.807) is 0 Å². The Balaban J connectivity index is 1.86.